The molecule has 3 rings (SSSR count). The van der Waals surface area contributed by atoms with E-state index < -0.39 is 0 Å². The van der Waals surface area contributed by atoms with Gasteiger partial charge in [0.05, 0.1) is 4.88 Å². The van der Waals surface area contributed by atoms with Crippen LogP contribution in [0.3, 0.4) is 0 Å². The zero-order chi connectivity index (χ0) is 14.7. The number of rotatable bonds is 4. The quantitative estimate of drug-likeness (QED) is 0.743. The predicted octanol–water partition coefficient (Wildman–Crippen LogP) is 3.07. The van der Waals surface area contributed by atoms with E-state index in [2.05, 4.69) is 10.1 Å². The van der Waals surface area contributed by atoms with Crippen LogP contribution in [-0.4, -0.2) is 28.0 Å². The molecule has 1 amide bonds. The second kappa shape index (κ2) is 5.88. The summed E-state index contributed by atoms with van der Waals surface area (Å²) in [7, 11) is 1.71. The van der Waals surface area contributed by atoms with Gasteiger partial charge in [-0.1, -0.05) is 41.6 Å². The van der Waals surface area contributed by atoms with Gasteiger partial charge in [0.1, 0.15) is 0 Å². The molecule has 21 heavy (non-hydrogen) atoms. The first-order chi connectivity index (χ1) is 10.2. The van der Waals surface area contributed by atoms with Gasteiger partial charge in [0.25, 0.3) is 0 Å². The first-order valence-corrected chi connectivity index (χ1v) is 7.29. The van der Waals surface area contributed by atoms with Gasteiger partial charge in [-0.15, -0.1) is 11.3 Å². The van der Waals surface area contributed by atoms with Crippen molar-refractivity contribution in [3.05, 3.63) is 59.3 Å². The number of benzene rings is 1. The van der Waals surface area contributed by atoms with Crippen LogP contribution >= 0.6 is 11.3 Å². The highest BCUT2D eigenvalue weighted by Crippen LogP contribution is 2.21. The average molecular weight is 299 g/mol. The molecular weight excluding hydrogens is 286 g/mol. The Morgan fingerprint density at radius 3 is 2.76 bits per heavy atom. The Hall–Kier alpha value is -2.47. The zero-order valence-corrected chi connectivity index (χ0v) is 12.2. The van der Waals surface area contributed by atoms with Crippen molar-refractivity contribution in [2.24, 2.45) is 0 Å². The normalized spacial score (nSPS) is 10.5. The van der Waals surface area contributed by atoms with Crippen LogP contribution in [0.1, 0.15) is 16.2 Å². The lowest BCUT2D eigenvalue weighted by molar-refractivity contribution is 0.0735. The summed E-state index contributed by atoms with van der Waals surface area (Å²) >= 11 is 1.50. The van der Waals surface area contributed by atoms with Crippen LogP contribution in [0, 0.1) is 0 Å². The van der Waals surface area contributed by atoms with Crippen LogP contribution in [0.2, 0.25) is 0 Å². The molecule has 1 aromatic carbocycles. The van der Waals surface area contributed by atoms with Crippen molar-refractivity contribution in [2.45, 2.75) is 6.54 Å². The minimum absolute atomic E-state index is 0.0110. The second-order valence-electron chi connectivity index (χ2n) is 4.55. The Morgan fingerprint density at radius 2 is 2.05 bits per heavy atom. The molecule has 0 spiro atoms. The molecule has 2 heterocycles. The summed E-state index contributed by atoms with van der Waals surface area (Å²) < 4.78 is 5.06. The average Bonchev–Trinajstić information content (AvgIpc) is 3.18. The number of nitrogens with zero attached hydrogens (tertiary/aromatic N) is 3. The molecule has 0 N–H and O–H groups in total. The minimum atomic E-state index is -0.283. The van der Waals surface area contributed by atoms with Crippen LogP contribution in [0.5, 0.6) is 0 Å². The summed E-state index contributed by atoms with van der Waals surface area (Å²) in [6, 6.07) is 13.5. The molecule has 0 bridgehead atoms. The Balaban J connectivity index is 1.73. The summed E-state index contributed by atoms with van der Waals surface area (Å²) in [6.45, 7) is 0.496. The Kier molecular flexibility index (Phi) is 3.79. The minimum Gasteiger partial charge on any atom is -0.333 e. The van der Waals surface area contributed by atoms with Crippen molar-refractivity contribution in [1.29, 1.82) is 0 Å². The molecule has 0 aliphatic carbocycles. The molecule has 6 heteroatoms. The van der Waals surface area contributed by atoms with Crippen LogP contribution in [0.15, 0.2) is 52.4 Å². The van der Waals surface area contributed by atoms with E-state index in [1.54, 1.807) is 11.9 Å². The van der Waals surface area contributed by atoms with Crippen molar-refractivity contribution in [3.63, 3.8) is 0 Å². The fourth-order valence-corrected chi connectivity index (χ4v) is 2.56. The molecule has 0 aliphatic heterocycles. The first kappa shape index (κ1) is 13.5. The smallest absolute Gasteiger partial charge is 0.316 e. The van der Waals surface area contributed by atoms with Crippen molar-refractivity contribution in [1.82, 2.24) is 15.0 Å². The van der Waals surface area contributed by atoms with Crippen LogP contribution in [0.25, 0.3) is 10.7 Å². The molecular formula is C15H13N3O2S. The largest absolute Gasteiger partial charge is 0.333 e. The summed E-state index contributed by atoms with van der Waals surface area (Å²) in [5, 5.41) is 5.77. The Morgan fingerprint density at radius 1 is 1.24 bits per heavy atom. The second-order valence-corrected chi connectivity index (χ2v) is 5.49. The van der Waals surface area contributed by atoms with Gasteiger partial charge in [0, 0.05) is 13.6 Å². The van der Waals surface area contributed by atoms with Crippen molar-refractivity contribution < 1.29 is 9.32 Å². The third-order valence-corrected chi connectivity index (χ3v) is 3.83. The van der Waals surface area contributed by atoms with Gasteiger partial charge in [-0.3, -0.25) is 4.79 Å². The number of hydrogen-bond donors (Lipinski definition) is 0. The number of carbonyl (C=O) groups is 1. The molecule has 3 aromatic rings. The summed E-state index contributed by atoms with van der Waals surface area (Å²) in [5.74, 6) is 0.174. The Bertz CT molecular complexity index is 722. The molecule has 5 nitrogen and oxygen atoms in total. The molecule has 106 valence electrons. The van der Waals surface area contributed by atoms with Crippen molar-refractivity contribution >= 4 is 17.2 Å². The van der Waals surface area contributed by atoms with Crippen molar-refractivity contribution in [2.75, 3.05) is 7.05 Å². The number of hydrogen-bond acceptors (Lipinski definition) is 5. The topological polar surface area (TPSA) is 59.2 Å². The lowest BCUT2D eigenvalue weighted by Gasteiger charge is -2.14. The van der Waals surface area contributed by atoms with Gasteiger partial charge in [-0.05, 0) is 17.0 Å². The number of thiophene rings is 1. The third-order valence-electron chi connectivity index (χ3n) is 2.96. The molecule has 0 aliphatic rings. The lowest BCUT2D eigenvalue weighted by Crippen LogP contribution is -2.26. The standard InChI is InChI=1S/C15H13N3O2S/c1-18(10-11-6-3-2-4-7-11)15(19)14-16-13(17-20-14)12-8-5-9-21-12/h2-9H,10H2,1H3. The van der Waals surface area contributed by atoms with E-state index in [0.717, 1.165) is 10.4 Å². The molecule has 0 fully saturated rings. The van der Waals surface area contributed by atoms with E-state index in [9.17, 15) is 4.79 Å². The van der Waals surface area contributed by atoms with Gasteiger partial charge >= 0.3 is 11.8 Å². The van der Waals surface area contributed by atoms with Gasteiger partial charge in [0.15, 0.2) is 0 Å². The molecule has 0 saturated heterocycles. The fraction of sp³-hybridized carbons (Fsp3) is 0.133. The van der Waals surface area contributed by atoms with Gasteiger partial charge in [0.2, 0.25) is 5.82 Å². The van der Waals surface area contributed by atoms with Gasteiger partial charge < -0.3 is 9.42 Å². The van der Waals surface area contributed by atoms with E-state index >= 15 is 0 Å². The van der Waals surface area contributed by atoms with Gasteiger partial charge in [-0.2, -0.15) is 4.98 Å². The maximum Gasteiger partial charge on any atom is 0.316 e. The highest BCUT2D eigenvalue weighted by molar-refractivity contribution is 7.13. The van der Waals surface area contributed by atoms with Gasteiger partial charge in [-0.25, -0.2) is 0 Å². The molecule has 0 atom stereocenters. The fourth-order valence-electron chi connectivity index (χ4n) is 1.91. The molecule has 0 unspecified atom stereocenters. The number of aromatic nitrogens is 2. The zero-order valence-electron chi connectivity index (χ0n) is 11.4. The number of carbonyl (C=O) groups excluding carboxylic acids is 1. The van der Waals surface area contributed by atoms with Crippen molar-refractivity contribution in [3.8, 4) is 10.7 Å². The third kappa shape index (κ3) is 3.00. The summed E-state index contributed by atoms with van der Waals surface area (Å²) in [5.41, 5.74) is 1.05. The van der Waals surface area contributed by atoms with E-state index in [1.165, 1.54) is 11.3 Å². The number of amides is 1. The SMILES string of the molecule is CN(Cc1ccccc1)C(=O)c1nc(-c2cccs2)no1. The van der Waals surface area contributed by atoms with E-state index in [1.807, 2.05) is 47.8 Å². The Labute approximate surface area is 125 Å². The van der Waals surface area contributed by atoms with Crippen LogP contribution in [0.4, 0.5) is 0 Å². The van der Waals surface area contributed by atoms with E-state index in [4.69, 9.17) is 4.52 Å². The first-order valence-electron chi connectivity index (χ1n) is 6.41. The molecule has 2 aromatic heterocycles. The maximum atomic E-state index is 12.3. The molecule has 0 saturated carbocycles. The monoisotopic (exact) mass is 299 g/mol. The highest BCUT2D eigenvalue weighted by Gasteiger charge is 2.20. The van der Waals surface area contributed by atoms with E-state index in [-0.39, 0.29) is 11.8 Å². The summed E-state index contributed by atoms with van der Waals surface area (Å²) in [4.78, 5) is 18.9. The lowest BCUT2D eigenvalue weighted by atomic mass is 10.2. The van der Waals surface area contributed by atoms with E-state index in [0.29, 0.717) is 12.4 Å². The van der Waals surface area contributed by atoms with Crippen LogP contribution in [-0.2, 0) is 6.54 Å². The summed E-state index contributed by atoms with van der Waals surface area (Å²) in [6.07, 6.45) is 0. The predicted molar refractivity (Wildman–Crippen MR) is 79.9 cm³/mol. The maximum absolute atomic E-state index is 12.3. The molecule has 0 radical (unpaired) electrons. The van der Waals surface area contributed by atoms with Crippen LogP contribution < -0.4 is 0 Å². The highest BCUT2D eigenvalue weighted by atomic mass is 32.1.